The minimum absolute atomic E-state index is 0.833. The van der Waals surface area contributed by atoms with E-state index in [4.69, 9.17) is 5.11 Å². The van der Waals surface area contributed by atoms with Gasteiger partial charge in [-0.15, -0.1) is 0 Å². The first-order valence-electron chi connectivity index (χ1n) is 4.39. The molecule has 0 aromatic carbocycles. The highest BCUT2D eigenvalue weighted by Gasteiger charge is 2.63. The average Bonchev–Trinajstić information content (AvgIpc) is 2.10. The summed E-state index contributed by atoms with van der Waals surface area (Å²) in [5.74, 6) is -10.8. The lowest BCUT2D eigenvalue weighted by molar-refractivity contribution is -0.270. The van der Waals surface area contributed by atoms with Crippen LogP contribution in [0.2, 0.25) is 0 Å². The molecule has 0 aromatic heterocycles. The maximum Gasteiger partial charge on any atom is 0.463 e. The summed E-state index contributed by atoms with van der Waals surface area (Å²) < 4.78 is 60.3. The maximum atomic E-state index is 12.5. The van der Waals surface area contributed by atoms with E-state index < -0.39 is 35.9 Å². The third-order valence-electron chi connectivity index (χ3n) is 1.86. The number of alkyl halides is 5. The first-order valence-corrected chi connectivity index (χ1v) is 4.39. The number of aliphatic carboxylic acids is 1. The molecule has 1 amide bonds. The normalized spacial score (nSPS) is 14.6. The van der Waals surface area contributed by atoms with Crippen molar-refractivity contribution in [2.45, 2.75) is 32.0 Å². The van der Waals surface area contributed by atoms with Gasteiger partial charge in [0, 0.05) is 0 Å². The molecule has 0 saturated carbocycles. The summed E-state index contributed by atoms with van der Waals surface area (Å²) in [6.45, 7) is 2.51. The number of carboxylic acids is 1. The predicted octanol–water partition coefficient (Wildman–Crippen LogP) is 1.41. The van der Waals surface area contributed by atoms with Gasteiger partial charge in [0.05, 0.1) is 0 Å². The molecule has 0 radical (unpaired) electrons. The molecule has 1 unspecified atom stereocenters. The van der Waals surface area contributed by atoms with E-state index in [1.807, 2.05) is 0 Å². The summed E-state index contributed by atoms with van der Waals surface area (Å²) in [4.78, 5) is 21.2. The van der Waals surface area contributed by atoms with Crippen molar-refractivity contribution < 1.29 is 36.6 Å². The largest absolute Gasteiger partial charge is 0.480 e. The molecule has 0 spiro atoms. The molecule has 1 atom stereocenters. The highest BCUT2D eigenvalue weighted by atomic mass is 19.4. The van der Waals surface area contributed by atoms with Crippen molar-refractivity contribution in [2.24, 2.45) is 5.92 Å². The summed E-state index contributed by atoms with van der Waals surface area (Å²) in [5.41, 5.74) is 0. The molecule has 9 heteroatoms. The monoisotopic (exact) mass is 263 g/mol. The van der Waals surface area contributed by atoms with Gasteiger partial charge in [-0.2, -0.15) is 22.0 Å². The second-order valence-corrected chi connectivity index (χ2v) is 3.61. The summed E-state index contributed by atoms with van der Waals surface area (Å²) in [5, 5.41) is 9.67. The van der Waals surface area contributed by atoms with Crippen LogP contribution in [-0.4, -0.2) is 35.1 Å². The molecule has 0 heterocycles. The van der Waals surface area contributed by atoms with Gasteiger partial charge in [0.15, 0.2) is 0 Å². The van der Waals surface area contributed by atoms with Gasteiger partial charge >= 0.3 is 24.0 Å². The fraction of sp³-hybridized carbons (Fsp3) is 0.750. The van der Waals surface area contributed by atoms with Crippen molar-refractivity contribution in [3.05, 3.63) is 0 Å². The molecule has 0 aliphatic rings. The lowest BCUT2D eigenvalue weighted by atomic mass is 10.0. The molecule has 0 saturated heterocycles. The smallest absolute Gasteiger partial charge is 0.463 e. The number of hydrogen-bond acceptors (Lipinski definition) is 2. The quantitative estimate of drug-likeness (QED) is 0.753. The van der Waals surface area contributed by atoms with E-state index in [1.165, 1.54) is 13.8 Å². The molecule has 0 aliphatic heterocycles. The van der Waals surface area contributed by atoms with E-state index in [-0.39, 0.29) is 0 Å². The maximum absolute atomic E-state index is 12.5. The van der Waals surface area contributed by atoms with E-state index >= 15 is 0 Å². The Balaban J connectivity index is 4.92. The number of nitrogens with one attached hydrogen (secondary N) is 1. The first-order chi connectivity index (χ1) is 7.41. The van der Waals surface area contributed by atoms with Crippen LogP contribution in [0.15, 0.2) is 0 Å². The number of rotatable bonds is 4. The highest BCUT2D eigenvalue weighted by Crippen LogP contribution is 2.35. The Morgan fingerprint density at radius 3 is 1.76 bits per heavy atom. The van der Waals surface area contributed by atoms with Gasteiger partial charge in [-0.1, -0.05) is 13.8 Å². The topological polar surface area (TPSA) is 66.4 Å². The summed E-state index contributed by atoms with van der Waals surface area (Å²) in [6, 6.07) is -1.81. The fourth-order valence-corrected chi connectivity index (χ4v) is 0.874. The van der Waals surface area contributed by atoms with Crippen LogP contribution in [0.3, 0.4) is 0 Å². The Kier molecular flexibility index (Phi) is 4.44. The third kappa shape index (κ3) is 3.53. The minimum Gasteiger partial charge on any atom is -0.480 e. The average molecular weight is 263 g/mol. The standard InChI is InChI=1S/C8H10F5NO3/c1-3(2)4(5(15)16)14-6(17)7(9,10)8(11,12)13/h3-4H,1-2H3,(H,14,17)(H,15,16). The Morgan fingerprint density at radius 2 is 1.53 bits per heavy atom. The highest BCUT2D eigenvalue weighted by molar-refractivity contribution is 5.88. The van der Waals surface area contributed by atoms with Crippen molar-refractivity contribution in [1.29, 1.82) is 0 Å². The van der Waals surface area contributed by atoms with Crippen molar-refractivity contribution in [3.8, 4) is 0 Å². The van der Waals surface area contributed by atoms with Gasteiger partial charge in [-0.25, -0.2) is 4.79 Å². The zero-order valence-corrected chi connectivity index (χ0v) is 8.81. The number of carboxylic acid groups (broad SMARTS) is 1. The lowest BCUT2D eigenvalue weighted by Gasteiger charge is -2.23. The van der Waals surface area contributed by atoms with E-state index in [1.54, 1.807) is 0 Å². The van der Waals surface area contributed by atoms with Crippen molar-refractivity contribution in [3.63, 3.8) is 0 Å². The number of carbonyl (C=O) groups excluding carboxylic acids is 1. The molecule has 0 fully saturated rings. The lowest BCUT2D eigenvalue weighted by Crippen LogP contribution is -2.55. The van der Waals surface area contributed by atoms with Crippen LogP contribution in [-0.2, 0) is 9.59 Å². The van der Waals surface area contributed by atoms with E-state index in [9.17, 15) is 31.5 Å². The summed E-state index contributed by atoms with van der Waals surface area (Å²) in [7, 11) is 0. The SMILES string of the molecule is CC(C)C(NC(=O)C(F)(F)C(F)(F)F)C(=O)O. The Bertz CT molecular complexity index is 313. The fourth-order valence-electron chi connectivity index (χ4n) is 0.874. The summed E-state index contributed by atoms with van der Waals surface area (Å²) >= 11 is 0. The molecule has 0 aromatic rings. The van der Waals surface area contributed by atoms with Gasteiger partial charge < -0.3 is 10.4 Å². The molecule has 100 valence electrons. The predicted molar refractivity (Wildman–Crippen MR) is 45.4 cm³/mol. The van der Waals surface area contributed by atoms with Crippen LogP contribution in [0.1, 0.15) is 13.8 Å². The number of amides is 1. The van der Waals surface area contributed by atoms with Gasteiger partial charge in [0.2, 0.25) is 0 Å². The molecule has 4 nitrogen and oxygen atoms in total. The van der Waals surface area contributed by atoms with Crippen LogP contribution < -0.4 is 5.32 Å². The molecule has 17 heavy (non-hydrogen) atoms. The zero-order valence-electron chi connectivity index (χ0n) is 8.81. The van der Waals surface area contributed by atoms with Gasteiger partial charge in [0.1, 0.15) is 6.04 Å². The van der Waals surface area contributed by atoms with Gasteiger partial charge in [-0.3, -0.25) is 4.79 Å². The molecule has 2 N–H and O–H groups in total. The number of carbonyl (C=O) groups is 2. The third-order valence-corrected chi connectivity index (χ3v) is 1.86. The van der Waals surface area contributed by atoms with E-state index in [0.29, 0.717) is 0 Å². The number of halogens is 5. The second kappa shape index (κ2) is 4.84. The van der Waals surface area contributed by atoms with E-state index in [2.05, 4.69) is 0 Å². The second-order valence-electron chi connectivity index (χ2n) is 3.61. The minimum atomic E-state index is -6.06. The van der Waals surface area contributed by atoms with Crippen LogP contribution in [0, 0.1) is 5.92 Å². The Morgan fingerprint density at radius 1 is 1.12 bits per heavy atom. The van der Waals surface area contributed by atoms with Crippen LogP contribution in [0.5, 0.6) is 0 Å². The molecule has 0 bridgehead atoms. The van der Waals surface area contributed by atoms with Crippen molar-refractivity contribution in [1.82, 2.24) is 5.32 Å². The Labute approximate surface area is 92.8 Å². The van der Waals surface area contributed by atoms with Crippen molar-refractivity contribution >= 4 is 11.9 Å². The molecule has 0 rings (SSSR count). The Hall–Kier alpha value is -1.41. The van der Waals surface area contributed by atoms with Crippen molar-refractivity contribution in [2.75, 3.05) is 0 Å². The summed E-state index contributed by atoms with van der Waals surface area (Å²) in [6.07, 6.45) is -6.06. The molecule has 0 aliphatic carbocycles. The van der Waals surface area contributed by atoms with Crippen LogP contribution >= 0.6 is 0 Å². The van der Waals surface area contributed by atoms with Crippen LogP contribution in [0.25, 0.3) is 0 Å². The molecular weight excluding hydrogens is 253 g/mol. The first kappa shape index (κ1) is 15.6. The van der Waals surface area contributed by atoms with Gasteiger partial charge in [-0.05, 0) is 5.92 Å². The molecular formula is C8H10F5NO3. The van der Waals surface area contributed by atoms with Gasteiger partial charge in [0.25, 0.3) is 0 Å². The zero-order chi connectivity index (χ0) is 14.0. The van der Waals surface area contributed by atoms with E-state index in [0.717, 1.165) is 5.32 Å². The number of hydrogen-bond donors (Lipinski definition) is 2. The van der Waals surface area contributed by atoms with Crippen LogP contribution in [0.4, 0.5) is 22.0 Å².